The van der Waals surface area contributed by atoms with Crippen molar-refractivity contribution in [1.82, 2.24) is 0 Å². The Morgan fingerprint density at radius 2 is 1.62 bits per heavy atom. The second-order valence-corrected chi connectivity index (χ2v) is 5.36. The molecule has 0 aliphatic rings. The molecule has 1 heterocycles. The highest BCUT2D eigenvalue weighted by Crippen LogP contribution is 2.16. The average molecular weight is 348 g/mol. The van der Waals surface area contributed by atoms with Crippen molar-refractivity contribution in [3.63, 3.8) is 0 Å². The Hall–Kier alpha value is -3.60. The van der Waals surface area contributed by atoms with Gasteiger partial charge in [-0.3, -0.25) is 4.79 Å². The summed E-state index contributed by atoms with van der Waals surface area (Å²) in [4.78, 5) is 23.9. The predicted molar refractivity (Wildman–Crippen MR) is 96.5 cm³/mol. The zero-order valence-electron chi connectivity index (χ0n) is 14.0. The van der Waals surface area contributed by atoms with E-state index in [-0.39, 0.29) is 11.5 Å². The summed E-state index contributed by atoms with van der Waals surface area (Å²) in [6.07, 6.45) is 4.60. The first-order valence-corrected chi connectivity index (χ1v) is 7.88. The minimum absolute atomic E-state index is 0.110. The summed E-state index contributed by atoms with van der Waals surface area (Å²) in [7, 11) is 1.58. The van der Waals surface area contributed by atoms with Crippen LogP contribution in [0.5, 0.6) is 11.5 Å². The van der Waals surface area contributed by atoms with E-state index in [0.29, 0.717) is 17.1 Å². The fourth-order valence-corrected chi connectivity index (χ4v) is 2.22. The lowest BCUT2D eigenvalue weighted by atomic mass is 10.1. The Labute approximate surface area is 150 Å². The number of carbonyl (C=O) groups is 2. The second-order valence-electron chi connectivity index (χ2n) is 5.36. The van der Waals surface area contributed by atoms with Crippen molar-refractivity contribution in [3.8, 4) is 11.5 Å². The molecule has 1 aromatic heterocycles. The van der Waals surface area contributed by atoms with E-state index < -0.39 is 5.97 Å². The van der Waals surface area contributed by atoms with Crippen LogP contribution in [-0.4, -0.2) is 18.9 Å². The molecule has 0 unspecified atom stereocenters. The van der Waals surface area contributed by atoms with Gasteiger partial charge in [-0.25, -0.2) is 4.79 Å². The molecule has 0 radical (unpaired) electrons. The second kappa shape index (κ2) is 7.98. The van der Waals surface area contributed by atoms with Gasteiger partial charge in [0.15, 0.2) is 5.78 Å². The van der Waals surface area contributed by atoms with Crippen LogP contribution < -0.4 is 9.47 Å². The van der Waals surface area contributed by atoms with E-state index in [0.717, 1.165) is 5.56 Å². The molecule has 2 aromatic carbocycles. The molecule has 5 heteroatoms. The van der Waals surface area contributed by atoms with Gasteiger partial charge in [0, 0.05) is 5.56 Å². The Morgan fingerprint density at radius 1 is 0.923 bits per heavy atom. The monoisotopic (exact) mass is 348 g/mol. The minimum Gasteiger partial charge on any atom is -0.497 e. The topological polar surface area (TPSA) is 65.7 Å². The van der Waals surface area contributed by atoms with Crippen LogP contribution in [0.25, 0.3) is 6.08 Å². The van der Waals surface area contributed by atoms with Crippen LogP contribution >= 0.6 is 0 Å². The normalized spacial score (nSPS) is 10.7. The molecule has 0 bridgehead atoms. The summed E-state index contributed by atoms with van der Waals surface area (Å²) in [6.45, 7) is 0. The number of rotatable bonds is 6. The highest BCUT2D eigenvalue weighted by Gasteiger charge is 2.10. The van der Waals surface area contributed by atoms with Crippen molar-refractivity contribution in [2.24, 2.45) is 0 Å². The molecular formula is C21H16O5. The molecular weight excluding hydrogens is 332 g/mol. The molecule has 130 valence electrons. The van der Waals surface area contributed by atoms with Gasteiger partial charge in [-0.05, 0) is 60.2 Å². The van der Waals surface area contributed by atoms with Gasteiger partial charge in [-0.2, -0.15) is 0 Å². The van der Waals surface area contributed by atoms with Gasteiger partial charge in [-0.15, -0.1) is 0 Å². The first-order valence-electron chi connectivity index (χ1n) is 7.88. The highest BCUT2D eigenvalue weighted by molar-refractivity contribution is 6.06. The van der Waals surface area contributed by atoms with Crippen LogP contribution in [-0.2, 0) is 0 Å². The average Bonchev–Trinajstić information content (AvgIpc) is 3.22. The summed E-state index contributed by atoms with van der Waals surface area (Å²) in [6, 6.07) is 16.9. The van der Waals surface area contributed by atoms with Crippen LogP contribution in [0.15, 0.2) is 77.4 Å². The molecule has 26 heavy (non-hydrogen) atoms. The smallest absolute Gasteiger partial charge is 0.379 e. The quantitative estimate of drug-likeness (QED) is 0.286. The Balaban J connectivity index is 1.62. The van der Waals surface area contributed by atoms with Crippen LogP contribution in [0, 0.1) is 0 Å². The third-order valence-electron chi connectivity index (χ3n) is 3.61. The molecule has 0 N–H and O–H groups in total. The SMILES string of the molecule is COc1ccc(C(=O)C=Cc2ccc(OC(=O)c3ccco3)cc2)cc1. The number of ether oxygens (including phenoxy) is 2. The predicted octanol–water partition coefficient (Wildman–Crippen LogP) is 4.40. The third-order valence-corrected chi connectivity index (χ3v) is 3.61. The molecule has 0 fully saturated rings. The number of hydrogen-bond donors (Lipinski definition) is 0. The van der Waals surface area contributed by atoms with Gasteiger partial charge < -0.3 is 13.9 Å². The minimum atomic E-state index is -0.562. The van der Waals surface area contributed by atoms with Crippen molar-refractivity contribution >= 4 is 17.8 Å². The van der Waals surface area contributed by atoms with Crippen molar-refractivity contribution in [2.75, 3.05) is 7.11 Å². The molecule has 0 aliphatic heterocycles. The maximum Gasteiger partial charge on any atom is 0.379 e. The third kappa shape index (κ3) is 4.27. The number of hydrogen-bond acceptors (Lipinski definition) is 5. The molecule has 0 atom stereocenters. The van der Waals surface area contributed by atoms with Gasteiger partial charge in [0.25, 0.3) is 0 Å². The maximum atomic E-state index is 12.2. The molecule has 0 amide bonds. The number of allylic oxidation sites excluding steroid dienone is 1. The molecule has 0 saturated carbocycles. The summed E-state index contributed by atoms with van der Waals surface area (Å²) >= 11 is 0. The van der Waals surface area contributed by atoms with E-state index >= 15 is 0 Å². The van der Waals surface area contributed by atoms with E-state index in [2.05, 4.69) is 0 Å². The molecule has 0 spiro atoms. The number of esters is 1. The van der Waals surface area contributed by atoms with Crippen LogP contribution in [0.4, 0.5) is 0 Å². The van der Waals surface area contributed by atoms with Crippen molar-refractivity contribution < 1.29 is 23.5 Å². The van der Waals surface area contributed by atoms with Gasteiger partial charge in [0.05, 0.1) is 13.4 Å². The lowest BCUT2D eigenvalue weighted by Crippen LogP contribution is -2.06. The Kier molecular flexibility index (Phi) is 5.29. The molecule has 0 saturated heterocycles. The van der Waals surface area contributed by atoms with Gasteiger partial charge >= 0.3 is 5.97 Å². The molecule has 3 aromatic rings. The zero-order valence-corrected chi connectivity index (χ0v) is 14.0. The molecule has 5 nitrogen and oxygen atoms in total. The first kappa shape index (κ1) is 17.2. The fraction of sp³-hybridized carbons (Fsp3) is 0.0476. The lowest BCUT2D eigenvalue weighted by molar-refractivity contribution is 0.0701. The number of benzene rings is 2. The standard InChI is InChI=1S/C21H16O5/c1-24-17-11-7-16(8-12-17)19(22)13-6-15-4-9-18(10-5-15)26-21(23)20-3-2-14-25-20/h2-14H,1H3. The van der Waals surface area contributed by atoms with E-state index in [1.54, 1.807) is 67.8 Å². The molecule has 3 rings (SSSR count). The van der Waals surface area contributed by atoms with Gasteiger partial charge in [0.2, 0.25) is 5.76 Å². The van der Waals surface area contributed by atoms with Crippen LogP contribution in [0.1, 0.15) is 26.5 Å². The van der Waals surface area contributed by atoms with E-state index in [1.165, 1.54) is 18.4 Å². The van der Waals surface area contributed by atoms with Crippen LogP contribution in [0.2, 0.25) is 0 Å². The van der Waals surface area contributed by atoms with E-state index in [1.807, 2.05) is 0 Å². The fourth-order valence-electron chi connectivity index (χ4n) is 2.22. The van der Waals surface area contributed by atoms with Crippen molar-refractivity contribution in [3.05, 3.63) is 89.9 Å². The van der Waals surface area contributed by atoms with Crippen LogP contribution in [0.3, 0.4) is 0 Å². The van der Waals surface area contributed by atoms with Crippen molar-refractivity contribution in [1.29, 1.82) is 0 Å². The molecule has 0 aliphatic carbocycles. The largest absolute Gasteiger partial charge is 0.497 e. The van der Waals surface area contributed by atoms with Gasteiger partial charge in [-0.1, -0.05) is 18.2 Å². The number of ketones is 1. The van der Waals surface area contributed by atoms with Gasteiger partial charge in [0.1, 0.15) is 11.5 Å². The lowest BCUT2D eigenvalue weighted by Gasteiger charge is -2.02. The Bertz CT molecular complexity index is 904. The number of carbonyl (C=O) groups excluding carboxylic acids is 2. The summed E-state index contributed by atoms with van der Waals surface area (Å²) in [5, 5.41) is 0. The maximum absolute atomic E-state index is 12.2. The summed E-state index contributed by atoms with van der Waals surface area (Å²) < 4.78 is 15.2. The Morgan fingerprint density at radius 3 is 2.23 bits per heavy atom. The number of furan rings is 1. The van der Waals surface area contributed by atoms with E-state index in [9.17, 15) is 9.59 Å². The number of methoxy groups -OCH3 is 1. The van der Waals surface area contributed by atoms with Crippen molar-refractivity contribution in [2.45, 2.75) is 0 Å². The summed E-state index contributed by atoms with van der Waals surface area (Å²) in [5.74, 6) is 0.559. The zero-order chi connectivity index (χ0) is 18.4. The summed E-state index contributed by atoms with van der Waals surface area (Å²) in [5.41, 5.74) is 1.38. The van der Waals surface area contributed by atoms with E-state index in [4.69, 9.17) is 13.9 Å². The first-order chi connectivity index (χ1) is 12.7. The highest BCUT2D eigenvalue weighted by atomic mass is 16.5.